The van der Waals surface area contributed by atoms with Crippen LogP contribution in [0, 0.1) is 0 Å². The molecule has 0 spiro atoms. The minimum Gasteiger partial charge on any atom is -0.493 e. The summed E-state index contributed by atoms with van der Waals surface area (Å²) in [6.07, 6.45) is 0. The maximum Gasteiger partial charge on any atom is 0.179 e. The maximum atomic E-state index is 6.21. The number of methoxy groups -OCH3 is 2. The molecule has 6 heteroatoms. The van der Waals surface area contributed by atoms with Gasteiger partial charge in [-0.1, -0.05) is 25.4 Å². The molecule has 112 valence electrons. The molecule has 2 rings (SSSR count). The van der Waals surface area contributed by atoms with E-state index in [0.29, 0.717) is 28.2 Å². The molecular formula is C15H18ClN3O2. The highest BCUT2D eigenvalue weighted by molar-refractivity contribution is 6.32. The Labute approximate surface area is 129 Å². The van der Waals surface area contributed by atoms with Crippen molar-refractivity contribution in [2.45, 2.75) is 19.8 Å². The second kappa shape index (κ2) is 6.18. The van der Waals surface area contributed by atoms with Crippen molar-refractivity contribution in [1.82, 2.24) is 9.97 Å². The quantitative estimate of drug-likeness (QED) is 0.935. The molecule has 0 unspecified atom stereocenters. The molecule has 2 N–H and O–H groups in total. The van der Waals surface area contributed by atoms with E-state index in [-0.39, 0.29) is 5.92 Å². The van der Waals surface area contributed by atoms with Crippen molar-refractivity contribution in [3.05, 3.63) is 28.9 Å². The average molecular weight is 308 g/mol. The second-order valence-corrected chi connectivity index (χ2v) is 5.30. The summed E-state index contributed by atoms with van der Waals surface area (Å²) < 4.78 is 10.5. The van der Waals surface area contributed by atoms with Gasteiger partial charge in [-0.05, 0) is 18.1 Å². The molecule has 1 aromatic heterocycles. The Morgan fingerprint density at radius 3 is 2.38 bits per heavy atom. The molecule has 1 aromatic carbocycles. The van der Waals surface area contributed by atoms with Crippen LogP contribution in [0.25, 0.3) is 11.4 Å². The highest BCUT2D eigenvalue weighted by Crippen LogP contribution is 2.38. The lowest BCUT2D eigenvalue weighted by Crippen LogP contribution is -2.02. The lowest BCUT2D eigenvalue weighted by Gasteiger charge is -2.12. The van der Waals surface area contributed by atoms with Gasteiger partial charge in [-0.2, -0.15) is 0 Å². The molecule has 0 aliphatic rings. The van der Waals surface area contributed by atoms with Crippen LogP contribution in [0.4, 0.5) is 5.82 Å². The summed E-state index contributed by atoms with van der Waals surface area (Å²) in [7, 11) is 3.09. The fourth-order valence-corrected chi connectivity index (χ4v) is 2.25. The molecule has 1 heterocycles. The molecule has 0 bridgehead atoms. The Morgan fingerprint density at radius 1 is 1.10 bits per heavy atom. The largest absolute Gasteiger partial charge is 0.493 e. The Bertz CT molecular complexity index is 660. The minimum atomic E-state index is 0.254. The number of nitrogens with two attached hydrogens (primary N) is 1. The molecule has 0 radical (unpaired) electrons. The van der Waals surface area contributed by atoms with Gasteiger partial charge < -0.3 is 15.2 Å². The number of rotatable bonds is 4. The average Bonchev–Trinajstić information content (AvgIpc) is 2.45. The van der Waals surface area contributed by atoms with E-state index in [9.17, 15) is 0 Å². The molecule has 0 amide bonds. The summed E-state index contributed by atoms with van der Waals surface area (Å²) in [5, 5.41) is 0.434. The van der Waals surface area contributed by atoms with Crippen LogP contribution in [-0.4, -0.2) is 24.2 Å². The van der Waals surface area contributed by atoms with Gasteiger partial charge in [-0.25, -0.2) is 9.97 Å². The van der Waals surface area contributed by atoms with Gasteiger partial charge in [0.1, 0.15) is 5.82 Å². The number of aromatic nitrogens is 2. The van der Waals surface area contributed by atoms with Crippen LogP contribution in [0.2, 0.25) is 5.02 Å². The summed E-state index contributed by atoms with van der Waals surface area (Å²) in [5.74, 6) is 2.20. The molecule has 0 aliphatic heterocycles. The van der Waals surface area contributed by atoms with Gasteiger partial charge in [-0.3, -0.25) is 0 Å². The van der Waals surface area contributed by atoms with Crippen molar-refractivity contribution >= 4 is 17.4 Å². The summed E-state index contributed by atoms with van der Waals surface area (Å²) in [6, 6.07) is 5.29. The number of ether oxygens (including phenoxy) is 2. The van der Waals surface area contributed by atoms with Crippen molar-refractivity contribution in [2.75, 3.05) is 20.0 Å². The van der Waals surface area contributed by atoms with E-state index in [4.69, 9.17) is 26.8 Å². The Kier molecular flexibility index (Phi) is 4.53. The Morgan fingerprint density at radius 2 is 1.81 bits per heavy atom. The monoisotopic (exact) mass is 307 g/mol. The maximum absolute atomic E-state index is 6.21. The SMILES string of the molecule is COc1cc(-c2nc(N)cc(C(C)C)n2)cc(Cl)c1OC. The second-order valence-electron chi connectivity index (χ2n) is 4.89. The van der Waals surface area contributed by atoms with Crippen molar-refractivity contribution in [2.24, 2.45) is 0 Å². The number of nitrogen functional groups attached to an aromatic ring is 1. The first-order valence-corrected chi connectivity index (χ1v) is 6.90. The first-order valence-electron chi connectivity index (χ1n) is 6.52. The number of hydrogen-bond acceptors (Lipinski definition) is 5. The summed E-state index contributed by atoms with van der Waals surface area (Å²) in [5.41, 5.74) is 7.47. The number of nitrogens with zero attached hydrogens (tertiary/aromatic N) is 2. The van der Waals surface area contributed by atoms with Gasteiger partial charge >= 0.3 is 0 Å². The number of hydrogen-bond donors (Lipinski definition) is 1. The molecular weight excluding hydrogens is 290 g/mol. The van der Waals surface area contributed by atoms with E-state index in [0.717, 1.165) is 11.3 Å². The van der Waals surface area contributed by atoms with Crippen LogP contribution in [-0.2, 0) is 0 Å². The zero-order chi connectivity index (χ0) is 15.6. The third-order valence-electron chi connectivity index (χ3n) is 3.05. The van der Waals surface area contributed by atoms with Crippen molar-refractivity contribution < 1.29 is 9.47 Å². The van der Waals surface area contributed by atoms with Gasteiger partial charge in [0, 0.05) is 17.3 Å². The van der Waals surface area contributed by atoms with Crippen LogP contribution >= 0.6 is 11.6 Å². The zero-order valence-corrected chi connectivity index (χ0v) is 13.2. The highest BCUT2D eigenvalue weighted by atomic mass is 35.5. The third kappa shape index (κ3) is 3.19. The van der Waals surface area contributed by atoms with Crippen LogP contribution in [0.1, 0.15) is 25.5 Å². The Balaban J connectivity index is 2.59. The van der Waals surface area contributed by atoms with E-state index in [1.807, 2.05) is 13.8 Å². The topological polar surface area (TPSA) is 70.3 Å². The Hall–Kier alpha value is -2.01. The first-order chi connectivity index (χ1) is 9.96. The van der Waals surface area contributed by atoms with E-state index in [2.05, 4.69) is 9.97 Å². The lowest BCUT2D eigenvalue weighted by atomic mass is 10.1. The van der Waals surface area contributed by atoms with Gasteiger partial charge in [-0.15, -0.1) is 0 Å². The minimum absolute atomic E-state index is 0.254. The van der Waals surface area contributed by atoms with Crippen molar-refractivity contribution in [1.29, 1.82) is 0 Å². The van der Waals surface area contributed by atoms with E-state index in [1.54, 1.807) is 25.3 Å². The highest BCUT2D eigenvalue weighted by Gasteiger charge is 2.15. The fourth-order valence-electron chi connectivity index (χ4n) is 1.96. The van der Waals surface area contributed by atoms with Gasteiger partial charge in [0.2, 0.25) is 0 Å². The van der Waals surface area contributed by atoms with Crippen LogP contribution in [0.15, 0.2) is 18.2 Å². The number of benzene rings is 1. The molecule has 0 saturated carbocycles. The summed E-state index contributed by atoms with van der Waals surface area (Å²) in [6.45, 7) is 4.10. The number of halogens is 1. The summed E-state index contributed by atoms with van der Waals surface area (Å²) in [4.78, 5) is 8.80. The van der Waals surface area contributed by atoms with E-state index in [1.165, 1.54) is 7.11 Å². The molecule has 0 saturated heterocycles. The first kappa shape index (κ1) is 15.4. The predicted molar refractivity (Wildman–Crippen MR) is 84.1 cm³/mol. The smallest absolute Gasteiger partial charge is 0.179 e. The van der Waals surface area contributed by atoms with Gasteiger partial charge in [0.15, 0.2) is 17.3 Å². The normalized spacial score (nSPS) is 10.8. The third-order valence-corrected chi connectivity index (χ3v) is 3.33. The fraction of sp³-hybridized carbons (Fsp3) is 0.333. The molecule has 2 aromatic rings. The van der Waals surface area contributed by atoms with Crippen molar-refractivity contribution in [3.63, 3.8) is 0 Å². The lowest BCUT2D eigenvalue weighted by molar-refractivity contribution is 0.355. The molecule has 0 aliphatic carbocycles. The standard InChI is InChI=1S/C15H18ClN3O2/c1-8(2)11-7-13(17)19-15(18-11)9-5-10(16)14(21-4)12(6-9)20-3/h5-8H,1-4H3,(H2,17,18,19). The van der Waals surface area contributed by atoms with Gasteiger partial charge in [0.25, 0.3) is 0 Å². The van der Waals surface area contributed by atoms with Gasteiger partial charge in [0.05, 0.1) is 19.2 Å². The van der Waals surface area contributed by atoms with Crippen LogP contribution in [0.3, 0.4) is 0 Å². The van der Waals surface area contributed by atoms with E-state index < -0.39 is 0 Å². The molecule has 5 nitrogen and oxygen atoms in total. The number of anilines is 1. The van der Waals surface area contributed by atoms with E-state index >= 15 is 0 Å². The molecule has 0 atom stereocenters. The van der Waals surface area contributed by atoms with Crippen LogP contribution < -0.4 is 15.2 Å². The zero-order valence-electron chi connectivity index (χ0n) is 12.5. The molecule has 0 fully saturated rings. The molecule has 21 heavy (non-hydrogen) atoms. The van der Waals surface area contributed by atoms with Crippen molar-refractivity contribution in [3.8, 4) is 22.9 Å². The summed E-state index contributed by atoms with van der Waals surface area (Å²) >= 11 is 6.21. The predicted octanol–water partition coefficient (Wildman–Crippen LogP) is 3.52. The van der Waals surface area contributed by atoms with Crippen LogP contribution in [0.5, 0.6) is 11.5 Å².